The highest BCUT2D eigenvalue weighted by atomic mass is 32.2. The number of benzene rings is 4. The number of rotatable bonds is 6. The number of aromatic nitrogens is 2. The molecule has 2 amide bonds. The quantitative estimate of drug-likeness (QED) is 0.181. The Hall–Kier alpha value is -4.96. The standard InChI is InChI=1S/C35H29N4O4S/c1-4-24-9-6-8-12-33(24)39(43-44(41,42)28-16-13-23(2)14-17-28)34-29-20-25(27-19-26-10-5-7-11-30(26)36-21-27)15-18-31(29)37-22-32(34)38(3)35(39)40/h5-22H,4H2,1-3H3/q+1. The second kappa shape index (κ2) is 10.3. The molecule has 4 aromatic carbocycles. The van der Waals surface area contributed by atoms with Crippen molar-refractivity contribution in [2.45, 2.75) is 25.2 Å². The van der Waals surface area contributed by atoms with Crippen molar-refractivity contribution >= 4 is 55.0 Å². The van der Waals surface area contributed by atoms with Crippen LogP contribution in [0.1, 0.15) is 18.1 Å². The Morgan fingerprint density at radius 3 is 2.34 bits per heavy atom. The van der Waals surface area contributed by atoms with Crippen LogP contribution in [0.5, 0.6) is 0 Å². The Labute approximate surface area is 255 Å². The first kappa shape index (κ1) is 27.8. The van der Waals surface area contributed by atoms with Crippen molar-refractivity contribution in [2.24, 2.45) is 0 Å². The summed E-state index contributed by atoms with van der Waals surface area (Å²) in [5.74, 6) is 0. The smallest absolute Gasteiger partial charge is 0.256 e. The molecular formula is C35H29N4O4S+. The van der Waals surface area contributed by atoms with Gasteiger partial charge in [0.1, 0.15) is 5.69 Å². The normalized spacial score (nSPS) is 16.5. The molecule has 3 heterocycles. The maximum atomic E-state index is 14.5. The molecule has 44 heavy (non-hydrogen) atoms. The molecule has 0 saturated carbocycles. The van der Waals surface area contributed by atoms with E-state index >= 15 is 0 Å². The molecule has 218 valence electrons. The Balaban J connectivity index is 1.53. The molecule has 8 nitrogen and oxygen atoms in total. The molecule has 1 aliphatic heterocycles. The number of quaternary nitrogens is 1. The molecule has 0 saturated heterocycles. The Morgan fingerprint density at radius 1 is 0.818 bits per heavy atom. The number of carbonyl (C=O) groups is 1. The van der Waals surface area contributed by atoms with E-state index in [2.05, 4.69) is 16.0 Å². The SMILES string of the molecule is CCc1ccccc1[N+]1(OS(=O)(=O)c2ccc(C)cc2)C(=O)N(C)c2cnc3ccc(-c4cnc5ccccc5c4)cc3c21. The number of pyridine rings is 2. The summed E-state index contributed by atoms with van der Waals surface area (Å²) in [5, 5.41) is 1.59. The molecule has 0 N–H and O–H groups in total. The van der Waals surface area contributed by atoms with E-state index in [4.69, 9.17) is 4.28 Å². The molecule has 0 aliphatic carbocycles. The summed E-state index contributed by atoms with van der Waals surface area (Å²) in [6, 6.07) is 28.8. The molecule has 7 rings (SSSR count). The van der Waals surface area contributed by atoms with E-state index in [0.717, 1.165) is 33.2 Å². The van der Waals surface area contributed by atoms with E-state index in [1.165, 1.54) is 17.0 Å². The summed E-state index contributed by atoms with van der Waals surface area (Å²) in [5.41, 5.74) is 6.14. The number of hydrogen-bond donors (Lipinski definition) is 0. The third-order valence-corrected chi connectivity index (χ3v) is 9.48. The lowest BCUT2D eigenvalue weighted by Crippen LogP contribution is -2.52. The van der Waals surface area contributed by atoms with E-state index in [1.54, 1.807) is 37.5 Å². The minimum absolute atomic E-state index is 0.0419. The summed E-state index contributed by atoms with van der Waals surface area (Å²) < 4.78 is 33.4. The first-order chi connectivity index (χ1) is 21.2. The van der Waals surface area contributed by atoms with Crippen LogP contribution in [0.2, 0.25) is 0 Å². The predicted octanol–water partition coefficient (Wildman–Crippen LogP) is 7.85. The Kier molecular flexibility index (Phi) is 6.55. The van der Waals surface area contributed by atoms with Gasteiger partial charge in [-0.05, 0) is 64.2 Å². The average Bonchev–Trinajstić information content (AvgIpc) is 3.26. The molecule has 1 atom stereocenters. The van der Waals surface area contributed by atoms with Crippen molar-refractivity contribution in [1.82, 2.24) is 14.6 Å². The van der Waals surface area contributed by atoms with Gasteiger partial charge in [0.25, 0.3) is 0 Å². The topological polar surface area (TPSA) is 89.5 Å². The molecule has 6 aromatic rings. The minimum Gasteiger partial charge on any atom is -0.256 e. The van der Waals surface area contributed by atoms with Crippen LogP contribution in [0.4, 0.5) is 21.9 Å². The third-order valence-electron chi connectivity index (χ3n) is 8.21. The van der Waals surface area contributed by atoms with Crippen LogP contribution in [0.15, 0.2) is 114 Å². The van der Waals surface area contributed by atoms with Gasteiger partial charge in [-0.25, -0.2) is 4.79 Å². The predicted molar refractivity (Wildman–Crippen MR) is 173 cm³/mol. The lowest BCUT2D eigenvalue weighted by atomic mass is 10.0. The highest BCUT2D eigenvalue weighted by molar-refractivity contribution is 7.86. The number of hydrogen-bond acceptors (Lipinski definition) is 6. The molecule has 1 aliphatic rings. The number of aryl methyl sites for hydroxylation is 2. The first-order valence-corrected chi connectivity index (χ1v) is 15.7. The molecule has 1 unspecified atom stereocenters. The molecular weight excluding hydrogens is 572 g/mol. The largest absolute Gasteiger partial charge is 0.468 e. The van der Waals surface area contributed by atoms with Crippen molar-refractivity contribution in [2.75, 3.05) is 11.9 Å². The van der Waals surface area contributed by atoms with Crippen LogP contribution < -0.4 is 9.55 Å². The number of fused-ring (bicyclic) bond motifs is 4. The van der Waals surface area contributed by atoms with Gasteiger partial charge in [0.05, 0.1) is 27.5 Å². The number of amides is 2. The second-order valence-corrected chi connectivity index (χ2v) is 12.4. The molecule has 2 aromatic heterocycles. The zero-order valence-corrected chi connectivity index (χ0v) is 25.2. The van der Waals surface area contributed by atoms with E-state index in [0.29, 0.717) is 34.4 Å². The van der Waals surface area contributed by atoms with E-state index in [9.17, 15) is 13.2 Å². The van der Waals surface area contributed by atoms with Crippen LogP contribution >= 0.6 is 0 Å². The molecule has 0 fully saturated rings. The zero-order chi connectivity index (χ0) is 30.6. The van der Waals surface area contributed by atoms with Gasteiger partial charge in [0.2, 0.25) is 5.69 Å². The van der Waals surface area contributed by atoms with E-state index in [-0.39, 0.29) is 4.90 Å². The van der Waals surface area contributed by atoms with Crippen LogP contribution in [0.25, 0.3) is 32.9 Å². The zero-order valence-electron chi connectivity index (χ0n) is 24.4. The van der Waals surface area contributed by atoms with Gasteiger partial charge in [-0.1, -0.05) is 67.1 Å². The maximum Gasteiger partial charge on any atom is 0.468 e. The van der Waals surface area contributed by atoms with Crippen LogP contribution in [-0.2, 0) is 20.8 Å². The summed E-state index contributed by atoms with van der Waals surface area (Å²) in [6.07, 6.45) is 3.96. The summed E-state index contributed by atoms with van der Waals surface area (Å²) in [6.45, 7) is 3.84. The third kappa shape index (κ3) is 4.28. The molecule has 0 bridgehead atoms. The number of urea groups is 1. The summed E-state index contributed by atoms with van der Waals surface area (Å²) >= 11 is 0. The van der Waals surface area contributed by atoms with Crippen molar-refractivity contribution < 1.29 is 17.5 Å². The van der Waals surface area contributed by atoms with Crippen molar-refractivity contribution in [1.29, 1.82) is 0 Å². The molecule has 0 radical (unpaired) electrons. The molecule has 0 spiro atoms. The van der Waals surface area contributed by atoms with Crippen molar-refractivity contribution in [3.8, 4) is 11.1 Å². The van der Waals surface area contributed by atoms with Gasteiger partial charge >= 0.3 is 16.1 Å². The maximum absolute atomic E-state index is 14.5. The van der Waals surface area contributed by atoms with Gasteiger partial charge < -0.3 is 0 Å². The number of anilines is 1. The Bertz CT molecular complexity index is 2220. The van der Waals surface area contributed by atoms with E-state index in [1.807, 2.05) is 74.6 Å². The summed E-state index contributed by atoms with van der Waals surface area (Å²) in [4.78, 5) is 25.2. The number of para-hydroxylation sites is 2. The minimum atomic E-state index is -4.45. The van der Waals surface area contributed by atoms with Crippen LogP contribution in [0, 0.1) is 6.92 Å². The second-order valence-electron chi connectivity index (χ2n) is 10.9. The number of carbonyl (C=O) groups excluding carboxylic acids is 1. The van der Waals surface area contributed by atoms with Crippen LogP contribution in [0.3, 0.4) is 0 Å². The average molecular weight is 602 g/mol. The summed E-state index contributed by atoms with van der Waals surface area (Å²) in [7, 11) is -2.84. The van der Waals surface area contributed by atoms with Crippen LogP contribution in [-0.4, -0.2) is 31.5 Å². The van der Waals surface area contributed by atoms with Gasteiger partial charge in [0, 0.05) is 35.8 Å². The number of hydroxylamine groups is 1. The van der Waals surface area contributed by atoms with Gasteiger partial charge in [-0.2, -0.15) is 8.42 Å². The van der Waals surface area contributed by atoms with Crippen molar-refractivity contribution in [3.63, 3.8) is 0 Å². The fourth-order valence-corrected chi connectivity index (χ4v) is 6.98. The van der Waals surface area contributed by atoms with Gasteiger partial charge in [-0.15, -0.1) is 0 Å². The van der Waals surface area contributed by atoms with Crippen molar-refractivity contribution in [3.05, 3.63) is 121 Å². The Morgan fingerprint density at radius 2 is 1.55 bits per heavy atom. The van der Waals surface area contributed by atoms with Gasteiger partial charge in [0.15, 0.2) is 5.69 Å². The van der Waals surface area contributed by atoms with Gasteiger partial charge in [-0.3, -0.25) is 14.9 Å². The number of nitrogens with zero attached hydrogens (tertiary/aromatic N) is 4. The monoisotopic (exact) mass is 601 g/mol. The fraction of sp³-hybridized carbons (Fsp3) is 0.114. The lowest BCUT2D eigenvalue weighted by Gasteiger charge is -2.28. The fourth-order valence-electron chi connectivity index (χ4n) is 5.91. The van der Waals surface area contributed by atoms with E-state index < -0.39 is 20.8 Å². The molecule has 9 heteroatoms. The highest BCUT2D eigenvalue weighted by Crippen LogP contribution is 2.53. The lowest BCUT2D eigenvalue weighted by molar-refractivity contribution is 0.0633. The first-order valence-electron chi connectivity index (χ1n) is 14.3. The highest BCUT2D eigenvalue weighted by Gasteiger charge is 2.60.